The van der Waals surface area contributed by atoms with Gasteiger partial charge in [0.1, 0.15) is 5.60 Å². The van der Waals surface area contributed by atoms with Crippen molar-refractivity contribution in [1.82, 2.24) is 0 Å². The fourth-order valence-electron chi connectivity index (χ4n) is 8.06. The van der Waals surface area contributed by atoms with Crippen LogP contribution in [0.25, 0.3) is 0 Å². The maximum atomic E-state index is 13.9. The smallest absolute Gasteiger partial charge is 0.432 e. The summed E-state index contributed by atoms with van der Waals surface area (Å²) in [5, 5.41) is -5.81. The molecule has 0 saturated heterocycles. The molecule has 6 rings (SSSR count). The molecule has 0 radical (unpaired) electrons. The van der Waals surface area contributed by atoms with Crippen molar-refractivity contribution in [3.8, 4) is 0 Å². The van der Waals surface area contributed by atoms with Gasteiger partial charge in [-0.25, -0.2) is 0 Å². The average molecular weight is 531 g/mol. The van der Waals surface area contributed by atoms with Crippen LogP contribution in [-0.2, 0) is 29.2 Å². The van der Waals surface area contributed by atoms with Crippen LogP contribution < -0.4 is 0 Å². The van der Waals surface area contributed by atoms with Crippen molar-refractivity contribution in [3.63, 3.8) is 0 Å². The summed E-state index contributed by atoms with van der Waals surface area (Å²) < 4.78 is 108. The van der Waals surface area contributed by atoms with Crippen LogP contribution in [0, 0.1) is 41.4 Å². The van der Waals surface area contributed by atoms with E-state index in [1.54, 1.807) is 0 Å². The van der Waals surface area contributed by atoms with E-state index in [2.05, 4.69) is 4.74 Å². The number of alkyl halides is 5. The molecule has 6 aliphatic carbocycles. The monoisotopic (exact) mass is 530 g/mol. The lowest BCUT2D eigenvalue weighted by Crippen LogP contribution is -2.55. The molecular formula is C22H27F5O7S. The number of ether oxygens (including phenoxy) is 2. The molecule has 0 spiro atoms. The van der Waals surface area contributed by atoms with Gasteiger partial charge in [-0.3, -0.25) is 14.1 Å². The first kappa shape index (κ1) is 25.2. The Morgan fingerprint density at radius 1 is 0.829 bits per heavy atom. The highest BCUT2D eigenvalue weighted by Crippen LogP contribution is 2.59. The third kappa shape index (κ3) is 4.23. The van der Waals surface area contributed by atoms with Gasteiger partial charge in [0.15, 0.2) is 0 Å². The molecule has 5 atom stereocenters. The van der Waals surface area contributed by atoms with Crippen molar-refractivity contribution in [2.75, 3.05) is 0 Å². The van der Waals surface area contributed by atoms with Crippen LogP contribution in [0.5, 0.6) is 0 Å². The molecule has 6 aliphatic rings. The van der Waals surface area contributed by atoms with Gasteiger partial charge in [0.2, 0.25) is 0 Å². The lowest BCUT2D eigenvalue weighted by Gasteiger charge is -2.56. The summed E-state index contributed by atoms with van der Waals surface area (Å²) >= 11 is 0. The van der Waals surface area contributed by atoms with E-state index in [0.29, 0.717) is 56.3 Å². The summed E-state index contributed by atoms with van der Waals surface area (Å²) in [6.45, 7) is 0. The minimum absolute atomic E-state index is 0.339. The first-order valence-electron chi connectivity index (χ1n) is 11.9. The van der Waals surface area contributed by atoms with Gasteiger partial charge in [-0.1, -0.05) is 0 Å². The van der Waals surface area contributed by atoms with Crippen LogP contribution in [-0.4, -0.2) is 48.0 Å². The van der Waals surface area contributed by atoms with E-state index in [-0.39, 0.29) is 5.92 Å². The molecule has 35 heavy (non-hydrogen) atoms. The van der Waals surface area contributed by atoms with Crippen molar-refractivity contribution in [2.45, 2.75) is 80.9 Å². The Morgan fingerprint density at radius 2 is 1.29 bits per heavy atom. The molecule has 1 N–H and O–H groups in total. The summed E-state index contributed by atoms with van der Waals surface area (Å²) in [6.07, 6.45) is -3.74. The number of carbonyl (C=O) groups is 2. The topological polar surface area (TPSA) is 107 Å². The summed E-state index contributed by atoms with van der Waals surface area (Å²) in [5.74, 6) is -4.60. The van der Waals surface area contributed by atoms with E-state index in [0.717, 1.165) is 19.3 Å². The molecule has 0 aromatic rings. The zero-order valence-corrected chi connectivity index (χ0v) is 19.5. The van der Waals surface area contributed by atoms with Crippen LogP contribution in [0.4, 0.5) is 22.0 Å². The van der Waals surface area contributed by atoms with Crippen molar-refractivity contribution in [1.29, 1.82) is 0 Å². The van der Waals surface area contributed by atoms with Gasteiger partial charge in [0, 0.05) is 0 Å². The van der Waals surface area contributed by atoms with Crippen LogP contribution in [0.1, 0.15) is 57.8 Å². The third-order valence-electron chi connectivity index (χ3n) is 8.94. The first-order chi connectivity index (χ1) is 16.1. The quantitative estimate of drug-likeness (QED) is 0.313. The lowest BCUT2D eigenvalue weighted by atomic mass is 9.54. The number of hydrogen-bond donors (Lipinski definition) is 1. The van der Waals surface area contributed by atoms with Crippen LogP contribution in [0.2, 0.25) is 0 Å². The van der Waals surface area contributed by atoms with Gasteiger partial charge in [-0.05, 0) is 87.4 Å². The summed E-state index contributed by atoms with van der Waals surface area (Å²) in [6, 6.07) is 0. The highest BCUT2D eigenvalue weighted by atomic mass is 32.2. The number of carbonyl (C=O) groups excluding carboxylic acids is 2. The van der Waals surface area contributed by atoms with Gasteiger partial charge >= 0.3 is 33.5 Å². The second-order valence-corrected chi connectivity index (χ2v) is 12.8. The van der Waals surface area contributed by atoms with Crippen molar-refractivity contribution in [3.05, 3.63) is 0 Å². The van der Waals surface area contributed by atoms with Crippen LogP contribution >= 0.6 is 0 Å². The van der Waals surface area contributed by atoms with E-state index in [4.69, 9.17) is 9.29 Å². The predicted octanol–water partition coefficient (Wildman–Crippen LogP) is 4.12. The summed E-state index contributed by atoms with van der Waals surface area (Å²) in [5.41, 5.74) is -0.658. The molecule has 6 fully saturated rings. The van der Waals surface area contributed by atoms with Gasteiger partial charge in [0.05, 0.1) is 11.8 Å². The van der Waals surface area contributed by atoms with Crippen molar-refractivity contribution < 1.29 is 54.0 Å². The molecule has 0 aromatic carbocycles. The molecule has 6 bridgehead atoms. The van der Waals surface area contributed by atoms with E-state index < -0.39 is 62.9 Å². The maximum Gasteiger partial charge on any atom is 0.432 e. The van der Waals surface area contributed by atoms with Gasteiger partial charge in [-0.2, -0.15) is 30.4 Å². The highest BCUT2D eigenvalue weighted by molar-refractivity contribution is 7.86. The highest BCUT2D eigenvalue weighted by Gasteiger charge is 2.67. The molecule has 198 valence electrons. The van der Waals surface area contributed by atoms with E-state index in [9.17, 15) is 40.0 Å². The third-order valence-corrected chi connectivity index (χ3v) is 9.84. The molecule has 13 heteroatoms. The van der Waals surface area contributed by atoms with E-state index >= 15 is 0 Å². The number of fused-ring (bicyclic) bond motifs is 2. The lowest BCUT2D eigenvalue weighted by molar-refractivity contribution is -0.262. The zero-order chi connectivity index (χ0) is 25.6. The number of hydrogen-bond acceptors (Lipinski definition) is 6. The maximum absolute atomic E-state index is 13.9. The summed E-state index contributed by atoms with van der Waals surface area (Å²) in [4.78, 5) is 26.1. The normalized spacial score (nSPS) is 41.1. The Morgan fingerprint density at radius 3 is 1.71 bits per heavy atom. The molecule has 7 nitrogen and oxygen atoms in total. The molecule has 5 unspecified atom stereocenters. The molecule has 0 heterocycles. The Kier molecular flexibility index (Phi) is 5.75. The largest absolute Gasteiger partial charge is 0.459 e. The predicted molar refractivity (Wildman–Crippen MR) is 107 cm³/mol. The zero-order valence-electron chi connectivity index (χ0n) is 18.7. The Labute approximate surface area is 198 Å². The minimum Gasteiger partial charge on any atom is -0.459 e. The van der Waals surface area contributed by atoms with E-state index in [1.807, 2.05) is 0 Å². The summed E-state index contributed by atoms with van der Waals surface area (Å²) in [7, 11) is -6.55. The Hall–Kier alpha value is -1.50. The Balaban J connectivity index is 1.36. The van der Waals surface area contributed by atoms with Gasteiger partial charge < -0.3 is 9.47 Å². The standard InChI is InChI=1S/C22H27F5O7S/c23-21(24,25)19(22(26,27)35(30,31)32)33-17(28)15-13-1-2-14(6-13)16(15)18(29)34-20-7-10-3-11(8-20)5-12(4-10)9-20/h10-16,19H,1-9H2,(H,30,31,32). The van der Waals surface area contributed by atoms with Gasteiger partial charge in [-0.15, -0.1) is 0 Å². The molecular weight excluding hydrogens is 503 g/mol. The Bertz CT molecular complexity index is 975. The average Bonchev–Trinajstić information content (AvgIpc) is 3.30. The first-order valence-corrected chi connectivity index (χ1v) is 13.4. The number of esters is 2. The minimum atomic E-state index is -6.55. The second-order valence-electron chi connectivity index (χ2n) is 11.3. The fourth-order valence-corrected chi connectivity index (χ4v) is 8.52. The van der Waals surface area contributed by atoms with Crippen LogP contribution in [0.3, 0.4) is 0 Å². The van der Waals surface area contributed by atoms with Crippen LogP contribution in [0.15, 0.2) is 0 Å². The fraction of sp³-hybridized carbons (Fsp3) is 0.909. The van der Waals surface area contributed by atoms with Gasteiger partial charge in [0.25, 0.3) is 6.10 Å². The molecule has 6 saturated carbocycles. The second kappa shape index (κ2) is 8.00. The van der Waals surface area contributed by atoms with Crippen molar-refractivity contribution in [2.24, 2.45) is 41.4 Å². The molecule has 0 aromatic heterocycles. The molecule has 0 amide bonds. The van der Waals surface area contributed by atoms with E-state index in [1.165, 1.54) is 0 Å². The SMILES string of the molecule is O=C(OC(C(F)(F)F)C(F)(F)S(=O)(=O)O)C1C2CCC(C2)C1C(=O)OC12CC3CC(CC(C3)C1)C2. The number of halogens is 5. The number of rotatable bonds is 6. The van der Waals surface area contributed by atoms with Crippen molar-refractivity contribution >= 4 is 22.1 Å². The molecule has 0 aliphatic heterocycles.